The number of hydrogen-bond acceptors (Lipinski definition) is 1. The Balaban J connectivity index is 2.89. The van der Waals surface area contributed by atoms with Crippen LogP contribution in [-0.4, -0.2) is 0 Å². The first-order valence-corrected chi connectivity index (χ1v) is 4.65. The van der Waals surface area contributed by atoms with Crippen molar-refractivity contribution in [2.75, 3.05) is 5.73 Å². The van der Waals surface area contributed by atoms with Crippen LogP contribution in [0.25, 0.3) is 0 Å². The molecular formula is C13H14FN. The number of hydrogen-bond donors (Lipinski definition) is 1. The van der Waals surface area contributed by atoms with Crippen molar-refractivity contribution in [3.63, 3.8) is 0 Å². The zero-order chi connectivity index (χ0) is 11.3. The second-order valence-corrected chi connectivity index (χ2v) is 3.21. The van der Waals surface area contributed by atoms with Gasteiger partial charge in [0, 0.05) is 0 Å². The zero-order valence-corrected chi connectivity index (χ0v) is 8.54. The minimum absolute atomic E-state index is 0.175. The fourth-order valence-electron chi connectivity index (χ4n) is 1.29. The molecule has 1 aromatic carbocycles. The third kappa shape index (κ3) is 3.09. The normalized spacial score (nSPS) is 11.1. The maximum absolute atomic E-state index is 12.9. The van der Waals surface area contributed by atoms with Gasteiger partial charge in [0.05, 0.1) is 5.69 Å². The summed E-state index contributed by atoms with van der Waals surface area (Å²) in [6, 6.07) is 4.72. The molecule has 0 atom stereocenters. The summed E-state index contributed by atoms with van der Waals surface area (Å²) in [5.74, 6) is -0.383. The van der Waals surface area contributed by atoms with Gasteiger partial charge in [0.25, 0.3) is 0 Å². The number of anilines is 1. The van der Waals surface area contributed by atoms with Crippen LogP contribution in [0.15, 0.2) is 55.2 Å². The quantitative estimate of drug-likeness (QED) is 0.590. The number of nitrogens with two attached hydrogens (primary N) is 1. The minimum Gasteiger partial charge on any atom is -0.396 e. The molecule has 0 aliphatic rings. The highest BCUT2D eigenvalue weighted by Crippen LogP contribution is 2.15. The molecule has 0 aliphatic heterocycles. The summed E-state index contributed by atoms with van der Waals surface area (Å²) in [6.45, 7) is 7.31. The predicted octanol–water partition coefficient (Wildman–Crippen LogP) is 3.25. The van der Waals surface area contributed by atoms with Crippen LogP contribution in [0.5, 0.6) is 0 Å². The fourth-order valence-corrected chi connectivity index (χ4v) is 1.29. The standard InChI is InChI=1S/C13H14FN/c1-3-5-10(4-2)8-11-6-7-12(14)13(15)9-11/h3-7,9H,1-2,8,15H2/b10-5+. The average molecular weight is 203 g/mol. The number of halogens is 1. The maximum atomic E-state index is 12.9. The number of nitrogen functional groups attached to an aromatic ring is 1. The van der Waals surface area contributed by atoms with Gasteiger partial charge < -0.3 is 5.73 Å². The fraction of sp³-hybridized carbons (Fsp3) is 0.0769. The van der Waals surface area contributed by atoms with E-state index in [4.69, 9.17) is 5.73 Å². The van der Waals surface area contributed by atoms with Crippen molar-refractivity contribution in [3.05, 3.63) is 66.5 Å². The van der Waals surface area contributed by atoms with Crippen molar-refractivity contribution < 1.29 is 4.39 Å². The Morgan fingerprint density at radius 3 is 2.67 bits per heavy atom. The third-order valence-corrected chi connectivity index (χ3v) is 2.06. The van der Waals surface area contributed by atoms with Crippen molar-refractivity contribution >= 4 is 5.69 Å². The lowest BCUT2D eigenvalue weighted by atomic mass is 10.0. The number of allylic oxidation sites excluding steroid dienone is 4. The molecule has 2 heteroatoms. The predicted molar refractivity (Wildman–Crippen MR) is 63.0 cm³/mol. The Hall–Kier alpha value is -1.83. The van der Waals surface area contributed by atoms with Gasteiger partial charge in [0.2, 0.25) is 0 Å². The molecule has 0 spiro atoms. The number of benzene rings is 1. The molecule has 0 bridgehead atoms. The second kappa shape index (κ2) is 5.15. The van der Waals surface area contributed by atoms with Gasteiger partial charge in [-0.15, -0.1) is 0 Å². The van der Waals surface area contributed by atoms with E-state index in [1.807, 2.05) is 6.08 Å². The van der Waals surface area contributed by atoms with Gasteiger partial charge in [0.1, 0.15) is 5.82 Å². The molecule has 0 radical (unpaired) electrons. The van der Waals surface area contributed by atoms with Crippen LogP contribution in [0.1, 0.15) is 5.56 Å². The first-order chi connectivity index (χ1) is 7.17. The van der Waals surface area contributed by atoms with E-state index in [-0.39, 0.29) is 11.5 Å². The Labute approximate surface area is 89.4 Å². The van der Waals surface area contributed by atoms with E-state index in [9.17, 15) is 4.39 Å². The van der Waals surface area contributed by atoms with E-state index >= 15 is 0 Å². The van der Waals surface area contributed by atoms with Gasteiger partial charge in [-0.3, -0.25) is 0 Å². The lowest BCUT2D eigenvalue weighted by molar-refractivity contribution is 0.632. The highest BCUT2D eigenvalue weighted by molar-refractivity contribution is 5.44. The molecule has 0 saturated heterocycles. The van der Waals surface area contributed by atoms with E-state index in [0.717, 1.165) is 11.1 Å². The Morgan fingerprint density at radius 2 is 2.13 bits per heavy atom. The molecule has 1 aromatic rings. The largest absolute Gasteiger partial charge is 0.396 e. The summed E-state index contributed by atoms with van der Waals surface area (Å²) in [6.07, 6.45) is 6.00. The molecule has 0 amide bonds. The molecule has 1 nitrogen and oxygen atoms in total. The van der Waals surface area contributed by atoms with E-state index in [0.29, 0.717) is 6.42 Å². The maximum Gasteiger partial charge on any atom is 0.146 e. The molecule has 1 rings (SSSR count). The molecule has 78 valence electrons. The van der Waals surface area contributed by atoms with Gasteiger partial charge >= 0.3 is 0 Å². The van der Waals surface area contributed by atoms with Crippen LogP contribution >= 0.6 is 0 Å². The van der Waals surface area contributed by atoms with Crippen molar-refractivity contribution in [1.29, 1.82) is 0 Å². The van der Waals surface area contributed by atoms with Gasteiger partial charge in [0.15, 0.2) is 0 Å². The molecule has 0 fully saturated rings. The van der Waals surface area contributed by atoms with Crippen LogP contribution in [0.3, 0.4) is 0 Å². The summed E-state index contributed by atoms with van der Waals surface area (Å²) in [7, 11) is 0. The van der Waals surface area contributed by atoms with Gasteiger partial charge in [-0.05, 0) is 29.7 Å². The van der Waals surface area contributed by atoms with Crippen LogP contribution < -0.4 is 5.73 Å². The third-order valence-electron chi connectivity index (χ3n) is 2.06. The molecule has 0 heterocycles. The monoisotopic (exact) mass is 203 g/mol. The molecule has 0 unspecified atom stereocenters. The number of rotatable bonds is 4. The van der Waals surface area contributed by atoms with E-state index in [2.05, 4.69) is 13.2 Å². The van der Waals surface area contributed by atoms with Crippen molar-refractivity contribution in [2.24, 2.45) is 0 Å². The summed E-state index contributed by atoms with van der Waals surface area (Å²) < 4.78 is 12.9. The lowest BCUT2D eigenvalue weighted by Gasteiger charge is -2.04. The zero-order valence-electron chi connectivity index (χ0n) is 8.54. The van der Waals surface area contributed by atoms with Gasteiger partial charge in [-0.2, -0.15) is 0 Å². The Bertz CT molecular complexity index is 405. The highest BCUT2D eigenvalue weighted by atomic mass is 19.1. The molecule has 0 aliphatic carbocycles. The second-order valence-electron chi connectivity index (χ2n) is 3.21. The van der Waals surface area contributed by atoms with Gasteiger partial charge in [-0.1, -0.05) is 37.5 Å². The average Bonchev–Trinajstić information content (AvgIpc) is 2.23. The first kappa shape index (κ1) is 11.2. The lowest BCUT2D eigenvalue weighted by Crippen LogP contribution is -1.94. The van der Waals surface area contributed by atoms with Gasteiger partial charge in [-0.25, -0.2) is 4.39 Å². The Kier molecular flexibility index (Phi) is 3.86. The topological polar surface area (TPSA) is 26.0 Å². The van der Waals surface area contributed by atoms with Crippen molar-refractivity contribution in [2.45, 2.75) is 6.42 Å². The molecule has 0 aromatic heterocycles. The van der Waals surface area contributed by atoms with Crippen LogP contribution in [-0.2, 0) is 6.42 Å². The summed E-state index contributed by atoms with van der Waals surface area (Å²) in [4.78, 5) is 0. The smallest absolute Gasteiger partial charge is 0.146 e. The van der Waals surface area contributed by atoms with Crippen LogP contribution in [0.4, 0.5) is 10.1 Å². The van der Waals surface area contributed by atoms with Crippen molar-refractivity contribution in [1.82, 2.24) is 0 Å². The molecule has 15 heavy (non-hydrogen) atoms. The molecule has 2 N–H and O–H groups in total. The SMILES string of the molecule is C=C/C=C(\C=C)Cc1ccc(F)c(N)c1. The highest BCUT2D eigenvalue weighted by Gasteiger charge is 2.00. The van der Waals surface area contributed by atoms with Crippen LogP contribution in [0, 0.1) is 5.82 Å². The first-order valence-electron chi connectivity index (χ1n) is 4.65. The molecule has 0 saturated carbocycles. The molecular weight excluding hydrogens is 189 g/mol. The van der Waals surface area contributed by atoms with E-state index in [1.54, 1.807) is 24.3 Å². The Morgan fingerprint density at radius 1 is 1.40 bits per heavy atom. The minimum atomic E-state index is -0.383. The van der Waals surface area contributed by atoms with E-state index < -0.39 is 0 Å². The summed E-state index contributed by atoms with van der Waals surface area (Å²) in [5.41, 5.74) is 7.63. The van der Waals surface area contributed by atoms with E-state index in [1.165, 1.54) is 6.07 Å². The van der Waals surface area contributed by atoms with Crippen LogP contribution in [0.2, 0.25) is 0 Å². The summed E-state index contributed by atoms with van der Waals surface area (Å²) in [5, 5.41) is 0. The summed E-state index contributed by atoms with van der Waals surface area (Å²) >= 11 is 0. The van der Waals surface area contributed by atoms with Crippen molar-refractivity contribution in [3.8, 4) is 0 Å².